The molecule has 0 amide bonds. The molecule has 1 unspecified atom stereocenters. The number of likely N-dealkylation sites (tertiary alicyclic amines) is 1. The average Bonchev–Trinajstić information content (AvgIpc) is 2.04. The summed E-state index contributed by atoms with van der Waals surface area (Å²) < 4.78 is 0.385. The third-order valence-electron chi connectivity index (χ3n) is 2.31. The molecule has 11 heavy (non-hydrogen) atoms. The van der Waals surface area contributed by atoms with Crippen molar-refractivity contribution >= 4 is 5.97 Å². The van der Waals surface area contributed by atoms with Gasteiger partial charge in [0.1, 0.15) is 12.6 Å². The molecule has 0 radical (unpaired) electrons. The third kappa shape index (κ3) is 1.52. The summed E-state index contributed by atoms with van der Waals surface area (Å²) in [4.78, 5) is 10.6. The minimum absolute atomic E-state index is 0.377. The zero-order valence-electron chi connectivity index (χ0n) is 6.82. The molecule has 0 aromatic rings. The number of aliphatic hydroxyl groups excluding tert-OH is 1. The van der Waals surface area contributed by atoms with E-state index in [-0.39, 0.29) is 0 Å². The number of carbonyl (C=O) groups is 1. The first-order valence-electron chi connectivity index (χ1n) is 3.67. The van der Waals surface area contributed by atoms with Gasteiger partial charge in [0.2, 0.25) is 0 Å². The van der Waals surface area contributed by atoms with Crippen LogP contribution in [0.15, 0.2) is 0 Å². The van der Waals surface area contributed by atoms with E-state index >= 15 is 0 Å². The largest absolute Gasteiger partial charge is 0.477 e. The number of hydrogen-bond donors (Lipinski definition) is 2. The maximum Gasteiger partial charge on any atom is 0.362 e. The molecule has 1 heterocycles. The van der Waals surface area contributed by atoms with E-state index in [9.17, 15) is 9.90 Å². The van der Waals surface area contributed by atoms with E-state index in [0.717, 1.165) is 0 Å². The first-order valence-corrected chi connectivity index (χ1v) is 3.67. The first-order chi connectivity index (χ1) is 4.93. The van der Waals surface area contributed by atoms with Gasteiger partial charge in [-0.3, -0.25) is 0 Å². The SMILES string of the molecule is C[N+]1(C)CC(O)C[C@@H]1C(=O)O. The molecule has 0 aromatic heterocycles. The van der Waals surface area contributed by atoms with Gasteiger partial charge < -0.3 is 14.7 Å². The summed E-state index contributed by atoms with van der Waals surface area (Å²) in [5.41, 5.74) is 0. The molecule has 1 fully saturated rings. The molecule has 2 atom stereocenters. The number of rotatable bonds is 1. The molecule has 0 saturated carbocycles. The van der Waals surface area contributed by atoms with Crippen molar-refractivity contribution in [1.82, 2.24) is 0 Å². The lowest BCUT2D eigenvalue weighted by Crippen LogP contribution is -2.48. The van der Waals surface area contributed by atoms with E-state index in [2.05, 4.69) is 0 Å². The van der Waals surface area contributed by atoms with Crippen molar-refractivity contribution in [2.75, 3.05) is 20.6 Å². The Kier molecular flexibility index (Phi) is 1.90. The molecule has 64 valence electrons. The van der Waals surface area contributed by atoms with Gasteiger partial charge in [-0.2, -0.15) is 0 Å². The average molecular weight is 160 g/mol. The zero-order valence-corrected chi connectivity index (χ0v) is 6.82. The summed E-state index contributed by atoms with van der Waals surface area (Å²) in [5.74, 6) is -0.813. The quantitative estimate of drug-likeness (QED) is 0.498. The van der Waals surface area contributed by atoms with E-state index in [1.165, 1.54) is 0 Å². The topological polar surface area (TPSA) is 57.5 Å². The number of nitrogens with zero attached hydrogens (tertiary/aromatic N) is 1. The Morgan fingerprint density at radius 1 is 1.55 bits per heavy atom. The fourth-order valence-corrected chi connectivity index (χ4v) is 1.69. The summed E-state index contributed by atoms with van der Waals surface area (Å²) in [6.07, 6.45) is -0.0754. The lowest BCUT2D eigenvalue weighted by atomic mass is 10.2. The fourth-order valence-electron chi connectivity index (χ4n) is 1.69. The standard InChI is InChI=1S/C7H13NO3/c1-8(2)4-5(9)3-6(8)7(10)11/h5-6,9H,3-4H2,1-2H3/p+1/t5?,6-/m1/s1. The third-order valence-corrected chi connectivity index (χ3v) is 2.31. The summed E-state index contributed by atoms with van der Waals surface area (Å²) >= 11 is 0. The molecule has 0 bridgehead atoms. The Morgan fingerprint density at radius 3 is 2.27 bits per heavy atom. The van der Waals surface area contributed by atoms with Gasteiger partial charge in [0.05, 0.1) is 14.1 Å². The summed E-state index contributed by atoms with van der Waals surface area (Å²) in [7, 11) is 3.66. The summed E-state index contributed by atoms with van der Waals surface area (Å²) in [5, 5.41) is 17.9. The second-order valence-corrected chi connectivity index (χ2v) is 3.70. The number of aliphatic carboxylic acids is 1. The summed E-state index contributed by atoms with van der Waals surface area (Å²) in [6, 6.07) is -0.440. The van der Waals surface area contributed by atoms with Gasteiger partial charge in [-0.25, -0.2) is 4.79 Å². The molecule has 4 heteroatoms. The van der Waals surface area contributed by atoms with Crippen LogP contribution in [0.25, 0.3) is 0 Å². The van der Waals surface area contributed by atoms with Gasteiger partial charge in [0, 0.05) is 6.42 Å². The van der Waals surface area contributed by atoms with E-state index in [4.69, 9.17) is 5.11 Å². The van der Waals surface area contributed by atoms with Gasteiger partial charge in [0.25, 0.3) is 0 Å². The van der Waals surface area contributed by atoms with Gasteiger partial charge in [-0.15, -0.1) is 0 Å². The second-order valence-electron chi connectivity index (χ2n) is 3.70. The number of quaternary nitrogens is 1. The molecule has 1 rings (SSSR count). The zero-order chi connectivity index (χ0) is 8.65. The Labute approximate surface area is 65.6 Å². The molecular weight excluding hydrogens is 146 g/mol. The smallest absolute Gasteiger partial charge is 0.362 e. The second kappa shape index (κ2) is 2.46. The van der Waals surface area contributed by atoms with Gasteiger partial charge in [0.15, 0.2) is 6.04 Å². The minimum Gasteiger partial charge on any atom is -0.477 e. The molecule has 1 saturated heterocycles. The van der Waals surface area contributed by atoms with Gasteiger partial charge >= 0.3 is 5.97 Å². The van der Waals surface area contributed by atoms with Crippen molar-refractivity contribution in [1.29, 1.82) is 0 Å². The monoisotopic (exact) mass is 160 g/mol. The molecule has 0 spiro atoms. The van der Waals surface area contributed by atoms with Crippen molar-refractivity contribution in [3.8, 4) is 0 Å². The Bertz CT molecular complexity index is 179. The molecule has 1 aliphatic rings. The number of hydrogen-bond acceptors (Lipinski definition) is 2. The van der Waals surface area contributed by atoms with Crippen LogP contribution in [0.1, 0.15) is 6.42 Å². The predicted octanol–water partition coefficient (Wildman–Crippen LogP) is -0.719. The van der Waals surface area contributed by atoms with Crippen molar-refractivity contribution in [2.24, 2.45) is 0 Å². The van der Waals surface area contributed by atoms with Crippen molar-refractivity contribution in [3.05, 3.63) is 0 Å². The van der Waals surface area contributed by atoms with Gasteiger partial charge in [-0.05, 0) is 0 Å². The van der Waals surface area contributed by atoms with Crippen LogP contribution in [0.4, 0.5) is 0 Å². The van der Waals surface area contributed by atoms with E-state index < -0.39 is 18.1 Å². The normalized spacial score (nSPS) is 35.5. The molecule has 1 aliphatic heterocycles. The lowest BCUT2D eigenvalue weighted by Gasteiger charge is -2.28. The molecule has 4 nitrogen and oxygen atoms in total. The van der Waals surface area contributed by atoms with E-state index in [0.29, 0.717) is 17.4 Å². The van der Waals surface area contributed by atoms with E-state index in [1.807, 2.05) is 14.1 Å². The van der Waals surface area contributed by atoms with Crippen LogP contribution in [0.2, 0.25) is 0 Å². The van der Waals surface area contributed by atoms with Crippen LogP contribution in [0.3, 0.4) is 0 Å². The van der Waals surface area contributed by atoms with Gasteiger partial charge in [-0.1, -0.05) is 0 Å². The summed E-state index contributed by atoms with van der Waals surface area (Å²) in [6.45, 7) is 0.539. The molecule has 0 aromatic carbocycles. The maximum absolute atomic E-state index is 10.6. The van der Waals surface area contributed by atoms with Crippen molar-refractivity contribution in [2.45, 2.75) is 18.6 Å². The number of carboxylic acids is 1. The Balaban J connectivity index is 2.74. The number of aliphatic hydroxyl groups is 1. The number of carboxylic acid groups (broad SMARTS) is 1. The highest BCUT2D eigenvalue weighted by Crippen LogP contribution is 2.22. The minimum atomic E-state index is -0.813. The highest BCUT2D eigenvalue weighted by molar-refractivity contribution is 5.72. The number of likely N-dealkylation sites (N-methyl/N-ethyl adjacent to an activating group) is 1. The molecule has 0 aliphatic carbocycles. The molecular formula is C7H14NO3+. The van der Waals surface area contributed by atoms with Crippen LogP contribution < -0.4 is 0 Å². The maximum atomic E-state index is 10.6. The van der Waals surface area contributed by atoms with Crippen molar-refractivity contribution < 1.29 is 19.5 Å². The van der Waals surface area contributed by atoms with Crippen LogP contribution in [-0.4, -0.2) is 53.5 Å². The van der Waals surface area contributed by atoms with Crippen LogP contribution in [0, 0.1) is 0 Å². The molecule has 2 N–H and O–H groups in total. The Hall–Kier alpha value is -0.610. The Morgan fingerprint density at radius 2 is 2.09 bits per heavy atom. The van der Waals surface area contributed by atoms with Crippen LogP contribution >= 0.6 is 0 Å². The highest BCUT2D eigenvalue weighted by Gasteiger charge is 2.44. The van der Waals surface area contributed by atoms with Crippen LogP contribution in [0.5, 0.6) is 0 Å². The first kappa shape index (κ1) is 8.49. The lowest BCUT2D eigenvalue weighted by molar-refractivity contribution is -0.895. The van der Waals surface area contributed by atoms with Crippen molar-refractivity contribution in [3.63, 3.8) is 0 Å². The highest BCUT2D eigenvalue weighted by atomic mass is 16.4. The predicted molar refractivity (Wildman–Crippen MR) is 39.0 cm³/mol. The van der Waals surface area contributed by atoms with E-state index in [1.54, 1.807) is 0 Å². The van der Waals surface area contributed by atoms with Crippen LogP contribution in [-0.2, 0) is 4.79 Å². The fraction of sp³-hybridized carbons (Fsp3) is 0.857.